The van der Waals surface area contributed by atoms with Crippen LogP contribution in [0.25, 0.3) is 0 Å². The number of hydrogen-bond donors (Lipinski definition) is 1. The maximum Gasteiger partial charge on any atom is 0.225 e. The van der Waals surface area contributed by atoms with E-state index >= 15 is 0 Å². The summed E-state index contributed by atoms with van der Waals surface area (Å²) in [7, 11) is -4.02. The zero-order valence-corrected chi connectivity index (χ0v) is 15.4. The molecule has 0 bridgehead atoms. The summed E-state index contributed by atoms with van der Waals surface area (Å²) in [5.41, 5.74) is 0.899. The molecule has 0 aliphatic rings. The van der Waals surface area contributed by atoms with Crippen molar-refractivity contribution in [1.29, 1.82) is 0 Å². The highest BCUT2D eigenvalue weighted by Gasteiger charge is 2.44. The van der Waals surface area contributed by atoms with Crippen LogP contribution in [0.5, 0.6) is 0 Å². The molecule has 0 heterocycles. The summed E-state index contributed by atoms with van der Waals surface area (Å²) < 4.78 is 23.1. The quantitative estimate of drug-likeness (QED) is 0.757. The molecule has 124 valence electrons. The van der Waals surface area contributed by atoms with Crippen molar-refractivity contribution in [3.05, 3.63) is 29.8 Å². The molecule has 0 aromatic heterocycles. The van der Waals surface area contributed by atoms with Crippen LogP contribution in [0, 0.1) is 6.92 Å². The van der Waals surface area contributed by atoms with Crippen LogP contribution in [0.1, 0.15) is 31.7 Å². The van der Waals surface area contributed by atoms with E-state index < -0.39 is 24.9 Å². The Balaban J connectivity index is 3.11. The van der Waals surface area contributed by atoms with Gasteiger partial charge in [0.25, 0.3) is 0 Å². The first kappa shape index (κ1) is 19.6. The monoisotopic (exact) mass is 385 g/mol. The lowest BCUT2D eigenvalue weighted by Gasteiger charge is -2.25. The van der Waals surface area contributed by atoms with E-state index in [1.54, 1.807) is 12.1 Å². The number of halogens is 3. The number of carbonyl (C=O) groups excluding carboxylic acids is 1. The molecule has 0 saturated heterocycles. The molecule has 1 amide bonds. The number of carbonyl (C=O) groups is 1. The molecule has 1 atom stereocenters. The maximum absolute atomic E-state index is 12.6. The third-order valence-corrected chi connectivity index (χ3v) is 6.07. The van der Waals surface area contributed by atoms with E-state index in [1.807, 2.05) is 13.8 Å². The van der Waals surface area contributed by atoms with Crippen molar-refractivity contribution in [2.45, 2.75) is 47.2 Å². The predicted molar refractivity (Wildman–Crippen MR) is 90.1 cm³/mol. The second-order valence-electron chi connectivity index (χ2n) is 4.95. The summed E-state index contributed by atoms with van der Waals surface area (Å²) in [5.74, 6) is -0.464. The van der Waals surface area contributed by atoms with Gasteiger partial charge in [-0.15, -0.1) is 0 Å². The zero-order chi connectivity index (χ0) is 17.0. The summed E-state index contributed by atoms with van der Waals surface area (Å²) in [6, 6.07) is 6.13. The first-order valence-electron chi connectivity index (χ1n) is 6.75. The fourth-order valence-corrected chi connectivity index (χ4v) is 4.40. The number of unbranched alkanes of at least 4 members (excludes halogenated alkanes) is 1. The Bertz CT molecular complexity index is 609. The van der Waals surface area contributed by atoms with Crippen molar-refractivity contribution in [2.75, 3.05) is 0 Å². The average Bonchev–Trinajstić information content (AvgIpc) is 2.41. The number of rotatable bonds is 6. The van der Waals surface area contributed by atoms with Crippen molar-refractivity contribution in [3.63, 3.8) is 0 Å². The molecule has 0 saturated carbocycles. The number of amides is 1. The normalized spacial score (nSPS) is 13.7. The minimum atomic E-state index is -4.02. The Hall–Kier alpha value is -0.490. The number of sulfone groups is 1. The van der Waals surface area contributed by atoms with E-state index in [-0.39, 0.29) is 11.3 Å². The van der Waals surface area contributed by atoms with Crippen LogP contribution in [0.4, 0.5) is 0 Å². The molecule has 1 N–H and O–H groups in total. The van der Waals surface area contributed by atoms with Gasteiger partial charge in [0.2, 0.25) is 19.5 Å². The summed E-state index contributed by atoms with van der Waals surface area (Å²) in [4.78, 5) is 11.8. The van der Waals surface area contributed by atoms with Crippen molar-refractivity contribution < 1.29 is 13.2 Å². The van der Waals surface area contributed by atoms with Crippen LogP contribution in [0.15, 0.2) is 29.2 Å². The second kappa shape index (κ2) is 7.86. The molecule has 0 aliphatic carbocycles. The van der Waals surface area contributed by atoms with Gasteiger partial charge in [0.05, 0.1) is 4.90 Å². The summed E-state index contributed by atoms with van der Waals surface area (Å²) in [6.45, 7) is 3.75. The molecule has 0 radical (unpaired) electrons. The van der Waals surface area contributed by atoms with Gasteiger partial charge in [-0.25, -0.2) is 8.42 Å². The Morgan fingerprint density at radius 3 is 2.23 bits per heavy atom. The largest absolute Gasteiger partial charge is 0.336 e. The third-order valence-electron chi connectivity index (χ3n) is 3.01. The fraction of sp³-hybridized carbons (Fsp3) is 0.500. The van der Waals surface area contributed by atoms with Gasteiger partial charge in [0.1, 0.15) is 0 Å². The maximum atomic E-state index is 12.6. The molecular weight excluding hydrogens is 369 g/mol. The molecule has 1 aromatic carbocycles. The van der Waals surface area contributed by atoms with E-state index in [1.165, 1.54) is 12.1 Å². The summed E-state index contributed by atoms with van der Waals surface area (Å²) in [6.07, 6.45) is 1.61. The SMILES string of the molecule is CCCCC(=O)NC(C(Cl)(Cl)Cl)S(=O)(=O)c1ccc(C)cc1. The molecule has 0 aliphatic heterocycles. The van der Waals surface area contributed by atoms with Crippen molar-refractivity contribution in [1.82, 2.24) is 5.32 Å². The lowest BCUT2D eigenvalue weighted by atomic mass is 10.2. The first-order chi connectivity index (χ1) is 10.1. The molecule has 1 rings (SSSR count). The number of nitrogens with one attached hydrogen (secondary N) is 1. The molecule has 4 nitrogen and oxygen atoms in total. The molecular formula is C14H18Cl3NO3S. The van der Waals surface area contributed by atoms with Crippen molar-refractivity contribution in [3.8, 4) is 0 Å². The topological polar surface area (TPSA) is 63.2 Å². The fourth-order valence-electron chi connectivity index (χ4n) is 1.76. The lowest BCUT2D eigenvalue weighted by Crippen LogP contribution is -2.49. The van der Waals surface area contributed by atoms with Gasteiger partial charge >= 0.3 is 0 Å². The Kier molecular flexibility index (Phi) is 6.99. The average molecular weight is 387 g/mol. The van der Waals surface area contributed by atoms with Gasteiger partial charge in [0, 0.05) is 6.42 Å². The number of aryl methyl sites for hydroxylation is 1. The Morgan fingerprint density at radius 1 is 1.23 bits per heavy atom. The Morgan fingerprint density at radius 2 is 1.77 bits per heavy atom. The van der Waals surface area contributed by atoms with Crippen molar-refractivity contribution >= 4 is 50.5 Å². The van der Waals surface area contributed by atoms with Crippen LogP contribution in [0.2, 0.25) is 0 Å². The highest BCUT2D eigenvalue weighted by Crippen LogP contribution is 2.35. The van der Waals surface area contributed by atoms with E-state index in [4.69, 9.17) is 34.8 Å². The molecule has 22 heavy (non-hydrogen) atoms. The first-order valence-corrected chi connectivity index (χ1v) is 9.43. The third kappa shape index (κ3) is 5.30. The predicted octanol–water partition coefficient (Wildman–Crippen LogP) is 3.77. The Labute approximate surface area is 146 Å². The van der Waals surface area contributed by atoms with Crippen molar-refractivity contribution in [2.24, 2.45) is 0 Å². The van der Waals surface area contributed by atoms with Gasteiger partial charge in [-0.1, -0.05) is 65.8 Å². The van der Waals surface area contributed by atoms with Crippen LogP contribution < -0.4 is 5.32 Å². The zero-order valence-electron chi connectivity index (χ0n) is 12.3. The minimum absolute atomic E-state index is 0.00906. The van der Waals surface area contributed by atoms with Gasteiger partial charge < -0.3 is 5.32 Å². The molecule has 0 spiro atoms. The molecule has 1 aromatic rings. The lowest BCUT2D eigenvalue weighted by molar-refractivity contribution is -0.121. The highest BCUT2D eigenvalue weighted by molar-refractivity contribution is 7.92. The smallest absolute Gasteiger partial charge is 0.225 e. The van der Waals surface area contributed by atoms with Gasteiger partial charge in [-0.3, -0.25) is 4.79 Å². The second-order valence-corrected chi connectivity index (χ2v) is 9.35. The van der Waals surface area contributed by atoms with Crippen LogP contribution in [0.3, 0.4) is 0 Å². The van der Waals surface area contributed by atoms with E-state index in [2.05, 4.69) is 5.32 Å². The summed E-state index contributed by atoms with van der Waals surface area (Å²) in [5, 5.41) is 0.681. The van der Waals surface area contributed by atoms with Gasteiger partial charge in [-0.2, -0.15) is 0 Å². The van der Waals surface area contributed by atoms with Crippen LogP contribution in [-0.2, 0) is 14.6 Å². The number of hydrogen-bond acceptors (Lipinski definition) is 3. The molecule has 8 heteroatoms. The van der Waals surface area contributed by atoms with Gasteiger partial charge in [-0.05, 0) is 25.5 Å². The van der Waals surface area contributed by atoms with E-state index in [9.17, 15) is 13.2 Å². The molecule has 1 unspecified atom stereocenters. The van der Waals surface area contributed by atoms with E-state index in [0.717, 1.165) is 12.0 Å². The molecule has 0 fully saturated rings. The highest BCUT2D eigenvalue weighted by atomic mass is 35.6. The number of alkyl halides is 3. The summed E-state index contributed by atoms with van der Waals surface area (Å²) >= 11 is 17.3. The van der Waals surface area contributed by atoms with Crippen LogP contribution >= 0.6 is 34.8 Å². The standard InChI is InChI=1S/C14H18Cl3NO3S/c1-3-4-5-12(19)18-13(14(15,16)17)22(20,21)11-8-6-10(2)7-9-11/h6-9,13H,3-5H2,1-2H3,(H,18,19). The van der Waals surface area contributed by atoms with Crippen LogP contribution in [-0.4, -0.2) is 23.5 Å². The minimum Gasteiger partial charge on any atom is -0.336 e. The van der Waals surface area contributed by atoms with Gasteiger partial charge in [0.15, 0.2) is 5.37 Å². The number of benzene rings is 1. The van der Waals surface area contributed by atoms with E-state index in [0.29, 0.717) is 6.42 Å².